The van der Waals surface area contributed by atoms with E-state index in [1.807, 2.05) is 13.8 Å². The zero-order valence-corrected chi connectivity index (χ0v) is 42.4. The lowest BCUT2D eigenvalue weighted by Gasteiger charge is -2.60. The van der Waals surface area contributed by atoms with E-state index in [2.05, 4.69) is 26.3 Å². The standard InChI is InChI=1S/C51H66ClF5N8O7/c1-28(2)18-36-44(69)64(6)38(21-30-19-32(52)13-14-35(30)31-20-33(53)24-58-23-31)43(68)62-48(3,4)46(71)59-17-8-7-10-37(41(66)60-36)63(5)45(70)40(29-11-12-29)61-42(67)39-22-34(54)25-65(39)47(72)50(51(55,56)57)26-49(27-50)15-9-16-49/h13-14,19-20,23-24,28-29,34,36-40H,7-12,15-18,21-22,25-27H2,1-6H3,(H,59,71)(H,60,66)(H,61,67)(H,62,68)/t34-,36+,37+,38+,39+,40+/m1/s1. The average Bonchev–Trinajstić information content (AvgIpc) is 4.04. The Kier molecular flexibility index (Phi) is 16.0. The van der Waals surface area contributed by atoms with Crippen molar-refractivity contribution in [2.45, 2.75) is 159 Å². The van der Waals surface area contributed by atoms with Crippen molar-refractivity contribution in [2.75, 3.05) is 27.2 Å². The molecule has 2 aromatic rings. The van der Waals surface area contributed by atoms with Gasteiger partial charge < -0.3 is 36.0 Å². The monoisotopic (exact) mass is 1030 g/mol. The number of amides is 7. The summed E-state index contributed by atoms with van der Waals surface area (Å²) in [6.45, 7) is 6.08. The molecule has 2 saturated heterocycles. The molecule has 3 saturated carbocycles. The molecule has 6 atom stereocenters. The van der Waals surface area contributed by atoms with Gasteiger partial charge in [-0.1, -0.05) is 37.9 Å². The Balaban J connectivity index is 1.15. The number of aromatic nitrogens is 1. The maximum atomic E-state index is 15.1. The summed E-state index contributed by atoms with van der Waals surface area (Å²) in [4.78, 5) is 107. The normalized spacial score (nSPS) is 26.2. The van der Waals surface area contributed by atoms with Gasteiger partial charge >= 0.3 is 6.18 Å². The van der Waals surface area contributed by atoms with E-state index >= 15 is 4.39 Å². The van der Waals surface area contributed by atoms with E-state index in [4.69, 9.17) is 11.6 Å². The summed E-state index contributed by atoms with van der Waals surface area (Å²) < 4.78 is 73.7. The molecule has 1 aromatic heterocycles. The van der Waals surface area contributed by atoms with Gasteiger partial charge in [0.1, 0.15) is 53.2 Å². The molecule has 1 spiro atoms. The lowest BCUT2D eigenvalue weighted by Crippen LogP contribution is -2.66. The van der Waals surface area contributed by atoms with E-state index in [1.54, 1.807) is 18.2 Å². The molecule has 0 radical (unpaired) electrons. The molecule has 3 aliphatic carbocycles. The quantitative estimate of drug-likeness (QED) is 0.203. The van der Waals surface area contributed by atoms with Gasteiger partial charge in [0.05, 0.1) is 12.7 Å². The molecule has 72 heavy (non-hydrogen) atoms. The van der Waals surface area contributed by atoms with Crippen molar-refractivity contribution in [1.29, 1.82) is 0 Å². The lowest BCUT2D eigenvalue weighted by molar-refractivity contribution is -0.285. The molecule has 0 bridgehead atoms. The van der Waals surface area contributed by atoms with Crippen molar-refractivity contribution in [3.05, 3.63) is 53.1 Å². The van der Waals surface area contributed by atoms with Gasteiger partial charge in [-0.15, -0.1) is 0 Å². The topological polar surface area (TPSA) is 190 Å². The molecule has 2 aliphatic heterocycles. The van der Waals surface area contributed by atoms with Crippen LogP contribution in [0.4, 0.5) is 22.0 Å². The highest BCUT2D eigenvalue weighted by molar-refractivity contribution is 6.30. The van der Waals surface area contributed by atoms with Gasteiger partial charge in [-0.2, -0.15) is 13.2 Å². The van der Waals surface area contributed by atoms with E-state index < -0.39 is 138 Å². The maximum Gasteiger partial charge on any atom is 0.403 e. The zero-order chi connectivity index (χ0) is 52.7. The molecule has 0 unspecified atom stereocenters. The molecule has 3 heterocycles. The fourth-order valence-electron chi connectivity index (χ4n) is 11.1. The number of likely N-dealkylation sites (tertiary alicyclic amines) is 1. The summed E-state index contributed by atoms with van der Waals surface area (Å²) in [5.74, 6) is -6.94. The van der Waals surface area contributed by atoms with Crippen LogP contribution in [0, 0.1) is 28.5 Å². The summed E-state index contributed by atoms with van der Waals surface area (Å²) in [5, 5.41) is 11.4. The highest BCUT2D eigenvalue weighted by Gasteiger charge is 2.74. The van der Waals surface area contributed by atoms with E-state index in [0.717, 1.165) is 17.5 Å². The number of carbonyl (C=O) groups is 7. The molecular formula is C51H66ClF5N8O7. The number of alkyl halides is 4. The summed E-state index contributed by atoms with van der Waals surface area (Å²) in [6, 6.07) is -0.694. The Labute approximate surface area is 421 Å². The van der Waals surface area contributed by atoms with Crippen LogP contribution in [0.3, 0.4) is 0 Å². The van der Waals surface area contributed by atoms with Crippen LogP contribution in [0.15, 0.2) is 36.7 Å². The SMILES string of the molecule is CC(C)C[C@@H]1NC(=O)[C@@H](N(C)C(=O)[C@@H](NC(=O)[C@@H]2C[C@@H](F)CN2C(=O)C2(C(F)(F)F)CC3(CCC3)C2)C2CC2)CCCCNC(=O)C(C)(C)NC(=O)[C@H](Cc2cc(Cl)ccc2-c2cncc(F)c2)N(C)C1=O. The van der Waals surface area contributed by atoms with E-state index in [0.29, 0.717) is 53.7 Å². The fourth-order valence-corrected chi connectivity index (χ4v) is 11.3. The molecule has 394 valence electrons. The van der Waals surface area contributed by atoms with Gasteiger partial charge in [-0.05, 0) is 125 Å². The highest BCUT2D eigenvalue weighted by Crippen LogP contribution is 2.69. The minimum atomic E-state index is -4.92. The van der Waals surface area contributed by atoms with E-state index in [1.165, 1.54) is 45.1 Å². The Hall–Kier alpha value is -5.40. The second-order valence-corrected chi connectivity index (χ2v) is 22.2. The van der Waals surface area contributed by atoms with Crippen molar-refractivity contribution >= 4 is 53.0 Å². The number of hydrogen-bond donors (Lipinski definition) is 4. The number of nitrogens with zero attached hydrogens (tertiary/aromatic N) is 4. The van der Waals surface area contributed by atoms with E-state index in [-0.39, 0.29) is 43.2 Å². The molecule has 21 heteroatoms. The second-order valence-electron chi connectivity index (χ2n) is 21.8. The maximum absolute atomic E-state index is 15.1. The number of rotatable bonds is 11. The van der Waals surface area contributed by atoms with Gasteiger partial charge in [0.25, 0.3) is 0 Å². The summed E-state index contributed by atoms with van der Waals surface area (Å²) in [5.41, 5.74) is -3.52. The number of hydrogen-bond acceptors (Lipinski definition) is 8. The third kappa shape index (κ3) is 11.5. The average molecular weight is 1030 g/mol. The van der Waals surface area contributed by atoms with Crippen LogP contribution in [0.1, 0.15) is 110 Å². The second kappa shape index (κ2) is 21.2. The number of pyridine rings is 1. The van der Waals surface area contributed by atoms with Crippen molar-refractivity contribution in [3.8, 4) is 11.1 Å². The Morgan fingerprint density at radius 1 is 0.986 bits per heavy atom. The van der Waals surface area contributed by atoms with Crippen LogP contribution in [0.5, 0.6) is 0 Å². The predicted octanol–water partition coefficient (Wildman–Crippen LogP) is 5.81. The van der Waals surface area contributed by atoms with E-state index in [9.17, 15) is 51.1 Å². The summed E-state index contributed by atoms with van der Waals surface area (Å²) >= 11 is 6.47. The minimum Gasteiger partial charge on any atom is -0.354 e. The number of nitrogens with one attached hydrogen (secondary N) is 4. The lowest BCUT2D eigenvalue weighted by atomic mass is 9.44. The number of carbonyl (C=O) groups excluding carboxylic acids is 7. The Morgan fingerprint density at radius 2 is 1.68 bits per heavy atom. The summed E-state index contributed by atoms with van der Waals surface area (Å²) in [6.07, 6.45) is -2.23. The van der Waals surface area contributed by atoms with Gasteiger partial charge in [0, 0.05) is 50.3 Å². The van der Waals surface area contributed by atoms with Crippen molar-refractivity contribution < 1.29 is 55.5 Å². The van der Waals surface area contributed by atoms with Crippen molar-refractivity contribution in [2.24, 2.45) is 22.7 Å². The zero-order valence-electron chi connectivity index (χ0n) is 41.6. The first kappa shape index (κ1) is 54.4. The van der Waals surface area contributed by atoms with Crippen LogP contribution < -0.4 is 21.3 Å². The first-order valence-corrected chi connectivity index (χ1v) is 25.3. The minimum absolute atomic E-state index is 0.0262. The highest BCUT2D eigenvalue weighted by atomic mass is 35.5. The molecule has 5 aliphatic rings. The number of benzene rings is 1. The third-order valence-electron chi connectivity index (χ3n) is 15.4. The molecule has 15 nitrogen and oxygen atoms in total. The van der Waals surface area contributed by atoms with Gasteiger partial charge in [-0.25, -0.2) is 8.78 Å². The largest absolute Gasteiger partial charge is 0.403 e. The molecule has 5 fully saturated rings. The van der Waals surface area contributed by atoms with Crippen LogP contribution in [0.2, 0.25) is 5.02 Å². The third-order valence-corrected chi connectivity index (χ3v) is 15.7. The summed E-state index contributed by atoms with van der Waals surface area (Å²) in [7, 11) is 2.75. The number of halogens is 6. The fraction of sp³-hybridized carbons (Fsp3) is 0.647. The predicted molar refractivity (Wildman–Crippen MR) is 256 cm³/mol. The van der Waals surface area contributed by atoms with Crippen LogP contribution >= 0.6 is 11.6 Å². The van der Waals surface area contributed by atoms with Gasteiger partial charge in [-0.3, -0.25) is 38.5 Å². The van der Waals surface area contributed by atoms with Crippen LogP contribution in [0.25, 0.3) is 11.1 Å². The van der Waals surface area contributed by atoms with Crippen LogP contribution in [-0.2, 0) is 40.0 Å². The Bertz CT molecular complexity index is 2420. The van der Waals surface area contributed by atoms with Gasteiger partial charge in [0.15, 0.2) is 0 Å². The molecular weight excluding hydrogens is 967 g/mol. The van der Waals surface area contributed by atoms with Gasteiger partial charge in [0.2, 0.25) is 41.4 Å². The van der Waals surface area contributed by atoms with Crippen molar-refractivity contribution in [3.63, 3.8) is 0 Å². The smallest absolute Gasteiger partial charge is 0.354 e. The molecule has 4 N–H and O–H groups in total. The number of likely N-dealkylation sites (N-methyl/N-ethyl adjacent to an activating group) is 2. The molecule has 7 amide bonds. The molecule has 7 rings (SSSR count). The first-order valence-electron chi connectivity index (χ1n) is 24.9. The Morgan fingerprint density at radius 3 is 2.29 bits per heavy atom. The molecule has 1 aromatic carbocycles. The van der Waals surface area contributed by atoms with Crippen LogP contribution in [-0.4, -0.2) is 136 Å². The van der Waals surface area contributed by atoms with Crippen molar-refractivity contribution in [1.82, 2.24) is 41.0 Å². The first-order chi connectivity index (χ1) is 33.8.